The summed E-state index contributed by atoms with van der Waals surface area (Å²) in [5.41, 5.74) is 1.96. The van der Waals surface area contributed by atoms with Crippen LogP contribution in [0.3, 0.4) is 0 Å². The lowest BCUT2D eigenvalue weighted by atomic mass is 10.0. The molecule has 0 fully saturated rings. The molecule has 0 unspecified atom stereocenters. The number of carbonyl (C=O) groups is 1. The van der Waals surface area contributed by atoms with Crippen LogP contribution >= 0.6 is 22.9 Å². The van der Waals surface area contributed by atoms with Crippen molar-refractivity contribution in [3.63, 3.8) is 0 Å². The SMILES string of the molecule is COc1ccc(S(=O)(=O)N(CCC(C)C)CC(=O)N2CCc3sccc3[C@H]2COc2ccc(Cl)c(C)c2)cc1. The summed E-state index contributed by atoms with van der Waals surface area (Å²) in [6, 6.07) is 13.5. The van der Waals surface area contributed by atoms with Gasteiger partial charge in [0.2, 0.25) is 15.9 Å². The number of ether oxygens (including phenoxy) is 2. The molecule has 1 amide bonds. The number of hydrogen-bond acceptors (Lipinski definition) is 6. The van der Waals surface area contributed by atoms with Crippen molar-refractivity contribution in [1.82, 2.24) is 9.21 Å². The summed E-state index contributed by atoms with van der Waals surface area (Å²) < 4.78 is 39.9. The molecule has 1 aliphatic heterocycles. The van der Waals surface area contributed by atoms with Crippen molar-refractivity contribution >= 4 is 38.9 Å². The average Bonchev–Trinajstić information content (AvgIpc) is 3.40. The Bertz CT molecular complexity index is 1390. The summed E-state index contributed by atoms with van der Waals surface area (Å²) in [7, 11) is -2.37. The van der Waals surface area contributed by atoms with E-state index in [1.807, 2.05) is 44.4 Å². The number of carbonyl (C=O) groups excluding carboxylic acids is 1. The Hall–Kier alpha value is -2.59. The molecule has 39 heavy (non-hydrogen) atoms. The predicted octanol–water partition coefficient (Wildman–Crippen LogP) is 5.96. The molecule has 1 atom stereocenters. The van der Waals surface area contributed by atoms with E-state index in [1.54, 1.807) is 34.4 Å². The zero-order valence-electron chi connectivity index (χ0n) is 22.7. The molecule has 10 heteroatoms. The van der Waals surface area contributed by atoms with E-state index in [-0.39, 0.29) is 42.5 Å². The molecule has 4 rings (SSSR count). The molecule has 0 spiro atoms. The van der Waals surface area contributed by atoms with Crippen LogP contribution in [0.2, 0.25) is 5.02 Å². The molecule has 0 saturated heterocycles. The molecular weight excluding hydrogens is 556 g/mol. The molecule has 0 bridgehead atoms. The van der Waals surface area contributed by atoms with E-state index < -0.39 is 10.0 Å². The second-order valence-corrected chi connectivity index (χ2v) is 13.4. The van der Waals surface area contributed by atoms with E-state index in [4.69, 9.17) is 21.1 Å². The maximum absolute atomic E-state index is 13.8. The van der Waals surface area contributed by atoms with Crippen molar-refractivity contribution < 1.29 is 22.7 Å². The highest BCUT2D eigenvalue weighted by atomic mass is 35.5. The third kappa shape index (κ3) is 6.95. The smallest absolute Gasteiger partial charge is 0.243 e. The van der Waals surface area contributed by atoms with Crippen molar-refractivity contribution in [3.8, 4) is 11.5 Å². The van der Waals surface area contributed by atoms with Gasteiger partial charge < -0.3 is 14.4 Å². The number of sulfonamides is 1. The minimum Gasteiger partial charge on any atom is -0.497 e. The van der Waals surface area contributed by atoms with Crippen LogP contribution in [0, 0.1) is 12.8 Å². The van der Waals surface area contributed by atoms with Crippen LogP contribution in [0.5, 0.6) is 11.5 Å². The van der Waals surface area contributed by atoms with E-state index in [0.717, 1.165) is 17.5 Å². The van der Waals surface area contributed by atoms with Gasteiger partial charge in [0.25, 0.3) is 0 Å². The Kier molecular flexibility index (Phi) is 9.59. The van der Waals surface area contributed by atoms with Crippen molar-refractivity contribution in [3.05, 3.63) is 74.9 Å². The first-order valence-corrected chi connectivity index (χ1v) is 15.7. The molecule has 210 valence electrons. The zero-order chi connectivity index (χ0) is 28.2. The van der Waals surface area contributed by atoms with Gasteiger partial charge >= 0.3 is 0 Å². The summed E-state index contributed by atoms with van der Waals surface area (Å²) in [6.07, 6.45) is 1.37. The number of rotatable bonds is 11. The first kappa shape index (κ1) is 29.4. The maximum Gasteiger partial charge on any atom is 0.243 e. The topological polar surface area (TPSA) is 76.2 Å². The number of fused-ring (bicyclic) bond motifs is 1. The highest BCUT2D eigenvalue weighted by Gasteiger charge is 2.35. The number of hydrogen-bond donors (Lipinski definition) is 0. The molecule has 0 aliphatic carbocycles. The highest BCUT2D eigenvalue weighted by molar-refractivity contribution is 7.89. The van der Waals surface area contributed by atoms with Gasteiger partial charge in [-0.15, -0.1) is 11.3 Å². The van der Waals surface area contributed by atoms with Gasteiger partial charge in [0.15, 0.2) is 0 Å². The fraction of sp³-hybridized carbons (Fsp3) is 0.414. The summed E-state index contributed by atoms with van der Waals surface area (Å²) in [5, 5.41) is 2.69. The van der Waals surface area contributed by atoms with Gasteiger partial charge in [0.1, 0.15) is 18.1 Å². The van der Waals surface area contributed by atoms with Crippen molar-refractivity contribution in [2.45, 2.75) is 44.6 Å². The fourth-order valence-corrected chi connectivity index (χ4v) is 7.03. The number of methoxy groups -OCH3 is 1. The Balaban J connectivity index is 1.57. The standard InChI is InChI=1S/C29H35ClN2O5S2/c1-20(2)11-14-31(39(34,35)24-8-5-22(36-4)6-9-24)18-29(33)32-15-12-28-25(13-16-38-28)27(32)19-37-23-7-10-26(30)21(3)17-23/h5-10,13,16-17,20,27H,11-12,14-15,18-19H2,1-4H3/t27-/m1/s1. The lowest BCUT2D eigenvalue weighted by molar-refractivity contribution is -0.135. The minimum absolute atomic E-state index is 0.136. The summed E-state index contributed by atoms with van der Waals surface area (Å²) in [5.74, 6) is 1.28. The Morgan fingerprint density at radius 1 is 1.15 bits per heavy atom. The molecular formula is C29H35ClN2O5S2. The van der Waals surface area contributed by atoms with E-state index in [0.29, 0.717) is 29.5 Å². The van der Waals surface area contributed by atoms with Gasteiger partial charge in [-0.2, -0.15) is 4.31 Å². The van der Waals surface area contributed by atoms with E-state index in [2.05, 4.69) is 0 Å². The van der Waals surface area contributed by atoms with Gasteiger partial charge in [-0.1, -0.05) is 25.4 Å². The van der Waals surface area contributed by atoms with Crippen LogP contribution in [0.15, 0.2) is 58.8 Å². The number of thiophene rings is 1. The van der Waals surface area contributed by atoms with Gasteiger partial charge in [-0.25, -0.2) is 8.42 Å². The van der Waals surface area contributed by atoms with Crippen LogP contribution in [0.1, 0.15) is 42.3 Å². The van der Waals surface area contributed by atoms with Crippen molar-refractivity contribution in [1.29, 1.82) is 0 Å². The Morgan fingerprint density at radius 2 is 1.87 bits per heavy atom. The first-order chi connectivity index (χ1) is 18.6. The molecule has 0 saturated carbocycles. The number of halogens is 1. The third-order valence-corrected chi connectivity index (χ3v) is 10.2. The summed E-state index contributed by atoms with van der Waals surface area (Å²) >= 11 is 7.84. The normalized spacial score (nSPS) is 15.5. The van der Waals surface area contributed by atoms with Gasteiger partial charge in [0, 0.05) is 23.0 Å². The molecule has 2 heterocycles. The van der Waals surface area contributed by atoms with E-state index >= 15 is 0 Å². The van der Waals surface area contributed by atoms with Crippen LogP contribution in [0.4, 0.5) is 0 Å². The van der Waals surface area contributed by atoms with Crippen LogP contribution in [-0.4, -0.2) is 56.9 Å². The van der Waals surface area contributed by atoms with E-state index in [9.17, 15) is 13.2 Å². The average molecular weight is 591 g/mol. The first-order valence-electron chi connectivity index (χ1n) is 13.0. The molecule has 3 aromatic rings. The largest absolute Gasteiger partial charge is 0.497 e. The van der Waals surface area contributed by atoms with Gasteiger partial charge in [-0.05, 0) is 90.7 Å². The molecule has 2 aromatic carbocycles. The molecule has 1 aromatic heterocycles. The quantitative estimate of drug-likeness (QED) is 0.275. The van der Waals surface area contributed by atoms with Gasteiger partial charge in [-0.3, -0.25) is 4.79 Å². The molecule has 0 radical (unpaired) electrons. The number of benzene rings is 2. The van der Waals surface area contributed by atoms with Gasteiger partial charge in [0.05, 0.1) is 24.6 Å². The Morgan fingerprint density at radius 3 is 2.54 bits per heavy atom. The van der Waals surface area contributed by atoms with E-state index in [1.165, 1.54) is 28.4 Å². The minimum atomic E-state index is -3.90. The lowest BCUT2D eigenvalue weighted by Gasteiger charge is -2.37. The maximum atomic E-state index is 13.8. The summed E-state index contributed by atoms with van der Waals surface area (Å²) in [4.78, 5) is 16.9. The second kappa shape index (κ2) is 12.7. The van der Waals surface area contributed by atoms with Crippen LogP contribution in [0.25, 0.3) is 0 Å². The number of amides is 1. The van der Waals surface area contributed by atoms with Crippen LogP contribution < -0.4 is 9.47 Å². The lowest BCUT2D eigenvalue weighted by Crippen LogP contribution is -2.48. The van der Waals surface area contributed by atoms with Crippen molar-refractivity contribution in [2.24, 2.45) is 5.92 Å². The second-order valence-electron chi connectivity index (χ2n) is 10.1. The molecule has 7 nitrogen and oxygen atoms in total. The molecule has 1 aliphatic rings. The number of nitrogens with zero attached hydrogens (tertiary/aromatic N) is 2. The zero-order valence-corrected chi connectivity index (χ0v) is 25.1. The van der Waals surface area contributed by atoms with Crippen LogP contribution in [-0.2, 0) is 21.2 Å². The highest BCUT2D eigenvalue weighted by Crippen LogP contribution is 2.34. The monoisotopic (exact) mass is 590 g/mol. The third-order valence-electron chi connectivity index (χ3n) is 6.92. The molecule has 0 N–H and O–H groups in total. The Labute approximate surface area is 240 Å². The van der Waals surface area contributed by atoms with Crippen molar-refractivity contribution in [2.75, 3.05) is 33.4 Å². The number of aryl methyl sites for hydroxylation is 1. The summed E-state index contributed by atoms with van der Waals surface area (Å²) in [6.45, 7) is 6.76. The predicted molar refractivity (Wildman–Crippen MR) is 155 cm³/mol. The fourth-order valence-electron chi connectivity index (χ4n) is 4.58.